The zero-order valence-electron chi connectivity index (χ0n) is 8.31. The Morgan fingerprint density at radius 3 is 2.69 bits per heavy atom. The Bertz CT molecular complexity index is 530. The zero-order chi connectivity index (χ0) is 11.7. The van der Waals surface area contributed by atoms with E-state index in [0.29, 0.717) is 4.24 Å². The van der Waals surface area contributed by atoms with Gasteiger partial charge in [-0.25, -0.2) is 10.1 Å². The molecule has 1 heterocycles. The minimum Gasteiger partial charge on any atom is -0.507 e. The van der Waals surface area contributed by atoms with Crippen LogP contribution >= 0.6 is 23.5 Å². The van der Waals surface area contributed by atoms with Crippen molar-refractivity contribution < 1.29 is 5.11 Å². The first kappa shape index (κ1) is 10.9. The van der Waals surface area contributed by atoms with E-state index in [2.05, 4.69) is 4.85 Å². The van der Waals surface area contributed by atoms with E-state index in [1.807, 2.05) is 19.1 Å². The lowest BCUT2D eigenvalue weighted by Crippen LogP contribution is -1.78. The topological polar surface area (TPSA) is 48.4 Å². The van der Waals surface area contributed by atoms with E-state index < -0.39 is 0 Å². The van der Waals surface area contributed by atoms with E-state index in [9.17, 15) is 5.11 Å². The van der Waals surface area contributed by atoms with Gasteiger partial charge in [0.25, 0.3) is 5.70 Å². The monoisotopic (exact) mass is 246 g/mol. The number of phenols is 1. The zero-order valence-corrected chi connectivity index (χ0v) is 9.95. The number of fused-ring (bicyclic) bond motifs is 1. The highest BCUT2D eigenvalue weighted by Gasteiger charge is 2.25. The summed E-state index contributed by atoms with van der Waals surface area (Å²) in [6, 6.07) is 5.33. The maximum absolute atomic E-state index is 9.68. The van der Waals surface area contributed by atoms with Gasteiger partial charge in [-0.2, -0.15) is 0 Å². The first-order chi connectivity index (χ1) is 7.67. The summed E-state index contributed by atoms with van der Waals surface area (Å²) in [5, 5.41) is 18.5. The molecule has 1 N–H and O–H groups in total. The maximum atomic E-state index is 9.68. The Kier molecular flexibility index (Phi) is 2.82. The van der Waals surface area contributed by atoms with Gasteiger partial charge < -0.3 is 5.11 Å². The van der Waals surface area contributed by atoms with Gasteiger partial charge >= 0.3 is 0 Å². The maximum Gasteiger partial charge on any atom is 0.282 e. The molecule has 3 nitrogen and oxygen atoms in total. The minimum atomic E-state index is 0.0880. The summed E-state index contributed by atoms with van der Waals surface area (Å²) in [5.41, 5.74) is 1.13. The summed E-state index contributed by atoms with van der Waals surface area (Å²) in [7, 11) is 0. The Labute approximate surface area is 102 Å². The van der Waals surface area contributed by atoms with E-state index in [0.717, 1.165) is 15.4 Å². The van der Waals surface area contributed by atoms with Gasteiger partial charge in [0.1, 0.15) is 5.75 Å². The van der Waals surface area contributed by atoms with Gasteiger partial charge in [0.15, 0.2) is 0 Å². The molecule has 0 fully saturated rings. The van der Waals surface area contributed by atoms with Crippen LogP contribution < -0.4 is 0 Å². The Balaban J connectivity index is 2.55. The van der Waals surface area contributed by atoms with Crippen molar-refractivity contribution >= 4 is 23.5 Å². The van der Waals surface area contributed by atoms with E-state index >= 15 is 0 Å². The number of nitrogens with zero attached hydrogens (tertiary/aromatic N) is 2. The summed E-state index contributed by atoms with van der Waals surface area (Å²) in [6.07, 6.45) is 0. The fourth-order valence-electron chi connectivity index (χ4n) is 1.30. The third kappa shape index (κ3) is 1.65. The number of rotatable bonds is 0. The van der Waals surface area contributed by atoms with Crippen molar-refractivity contribution in [1.29, 1.82) is 5.26 Å². The normalized spacial score (nSPS) is 16.2. The highest BCUT2D eigenvalue weighted by molar-refractivity contribution is 8.24. The predicted octanol–water partition coefficient (Wildman–Crippen LogP) is 3.51. The molecule has 0 unspecified atom stereocenters. The molecule has 1 aliphatic rings. The van der Waals surface area contributed by atoms with Gasteiger partial charge in [-0.05, 0) is 18.6 Å². The largest absolute Gasteiger partial charge is 0.507 e. The minimum absolute atomic E-state index is 0.0880. The number of allylic oxidation sites excluding steroid dienone is 1. The Hall–Kier alpha value is -1.56. The van der Waals surface area contributed by atoms with Crippen LogP contribution in [0.2, 0.25) is 0 Å². The van der Waals surface area contributed by atoms with Crippen molar-refractivity contribution in [2.24, 2.45) is 0 Å². The van der Waals surface area contributed by atoms with Gasteiger partial charge in [-0.3, -0.25) is 0 Å². The number of benzene rings is 1. The molecule has 0 aromatic heterocycles. The number of phenolic OH excluding ortho intramolecular Hbond substituents is 1. The van der Waals surface area contributed by atoms with Crippen LogP contribution in [-0.2, 0) is 0 Å². The van der Waals surface area contributed by atoms with E-state index in [4.69, 9.17) is 11.8 Å². The number of hydrogen-bond acceptors (Lipinski definition) is 4. The van der Waals surface area contributed by atoms with Crippen LogP contribution in [0.4, 0.5) is 0 Å². The van der Waals surface area contributed by atoms with Crippen LogP contribution in [0, 0.1) is 24.8 Å². The van der Waals surface area contributed by atoms with Gasteiger partial charge in [0.2, 0.25) is 0 Å². The van der Waals surface area contributed by atoms with Crippen molar-refractivity contribution in [3.63, 3.8) is 0 Å². The Morgan fingerprint density at radius 1 is 1.44 bits per heavy atom. The highest BCUT2D eigenvalue weighted by Crippen LogP contribution is 2.56. The van der Waals surface area contributed by atoms with Crippen molar-refractivity contribution in [1.82, 2.24) is 0 Å². The van der Waals surface area contributed by atoms with Crippen LogP contribution in [0.15, 0.2) is 31.9 Å². The third-order valence-electron chi connectivity index (χ3n) is 2.09. The molecular weight excluding hydrogens is 240 g/mol. The van der Waals surface area contributed by atoms with E-state index in [1.165, 1.54) is 23.5 Å². The van der Waals surface area contributed by atoms with Crippen LogP contribution in [-0.4, -0.2) is 5.11 Å². The predicted molar refractivity (Wildman–Crippen MR) is 63.8 cm³/mol. The van der Waals surface area contributed by atoms with Gasteiger partial charge in [0, 0.05) is 4.90 Å². The number of thioether (sulfide) groups is 2. The molecule has 0 bridgehead atoms. The summed E-state index contributed by atoms with van der Waals surface area (Å²) in [6.45, 7) is 8.84. The third-order valence-corrected chi connectivity index (χ3v) is 4.82. The van der Waals surface area contributed by atoms with Crippen LogP contribution in [0.3, 0.4) is 0 Å². The number of aryl methyl sites for hydroxylation is 1. The number of nitriles is 1. The second-order valence-corrected chi connectivity index (χ2v) is 5.42. The first-order valence-electron chi connectivity index (χ1n) is 4.37. The standard InChI is InChI=1S/C11H6N2OS2/c1-6-3-4-8(14)10-9(6)15-11(16-10)7(5-12)13-2/h3-4,14H,1H3/b11-7-. The molecule has 2 rings (SSSR count). The molecule has 0 atom stereocenters. The average Bonchev–Trinajstić information content (AvgIpc) is 2.71. The van der Waals surface area contributed by atoms with Gasteiger partial charge in [-0.1, -0.05) is 29.6 Å². The molecule has 0 spiro atoms. The second kappa shape index (κ2) is 4.13. The lowest BCUT2D eigenvalue weighted by Gasteiger charge is -2.02. The smallest absolute Gasteiger partial charge is 0.282 e. The fraction of sp³-hybridized carbons (Fsp3) is 0.0909. The summed E-state index contributed by atoms with van der Waals surface area (Å²) < 4.78 is 0.650. The van der Waals surface area contributed by atoms with Crippen molar-refractivity contribution in [3.8, 4) is 11.8 Å². The molecule has 0 saturated carbocycles. The average molecular weight is 246 g/mol. The lowest BCUT2D eigenvalue weighted by molar-refractivity contribution is 0.459. The van der Waals surface area contributed by atoms with E-state index in [-0.39, 0.29) is 11.4 Å². The molecular formula is C11H6N2OS2. The van der Waals surface area contributed by atoms with Gasteiger partial charge in [-0.15, -0.1) is 0 Å². The molecule has 1 aromatic carbocycles. The Morgan fingerprint density at radius 2 is 2.12 bits per heavy atom. The van der Waals surface area contributed by atoms with E-state index in [1.54, 1.807) is 6.07 Å². The second-order valence-electron chi connectivity index (χ2n) is 3.12. The highest BCUT2D eigenvalue weighted by atomic mass is 32.2. The van der Waals surface area contributed by atoms with Crippen molar-refractivity contribution in [2.75, 3.05) is 0 Å². The quantitative estimate of drug-likeness (QED) is 0.562. The summed E-state index contributed by atoms with van der Waals surface area (Å²) in [5.74, 6) is 0.204. The van der Waals surface area contributed by atoms with Crippen LogP contribution in [0.1, 0.15) is 5.56 Å². The fourth-order valence-corrected chi connectivity index (χ4v) is 3.81. The molecule has 78 valence electrons. The van der Waals surface area contributed by atoms with Crippen molar-refractivity contribution in [3.05, 3.63) is 39.0 Å². The van der Waals surface area contributed by atoms with Crippen molar-refractivity contribution in [2.45, 2.75) is 16.7 Å². The molecule has 0 radical (unpaired) electrons. The molecule has 0 aliphatic carbocycles. The lowest BCUT2D eigenvalue weighted by atomic mass is 10.2. The SMILES string of the molecule is [C-]#[N+]/C(C#N)=C1/Sc2c(C)ccc(O)c2S1. The molecule has 0 amide bonds. The molecule has 16 heavy (non-hydrogen) atoms. The summed E-state index contributed by atoms with van der Waals surface area (Å²) >= 11 is 2.67. The molecule has 1 aromatic rings. The number of aromatic hydroxyl groups is 1. The number of hydrogen-bond donors (Lipinski definition) is 1. The molecule has 5 heteroatoms. The first-order valence-corrected chi connectivity index (χ1v) is 6.00. The van der Waals surface area contributed by atoms with Crippen LogP contribution in [0.5, 0.6) is 5.75 Å². The summed E-state index contributed by atoms with van der Waals surface area (Å²) in [4.78, 5) is 4.86. The molecule has 1 aliphatic heterocycles. The molecule has 0 saturated heterocycles. The van der Waals surface area contributed by atoms with Crippen LogP contribution in [0.25, 0.3) is 4.85 Å². The van der Waals surface area contributed by atoms with Gasteiger partial charge in [0.05, 0.1) is 21.8 Å².